The van der Waals surface area contributed by atoms with Crippen molar-refractivity contribution in [1.29, 1.82) is 0 Å². The average Bonchev–Trinajstić information content (AvgIpc) is 2.75. The lowest BCUT2D eigenvalue weighted by Gasteiger charge is -2.16. The molecule has 2 aromatic carbocycles. The number of benzene rings is 2. The molecule has 0 N–H and O–H groups in total. The van der Waals surface area contributed by atoms with Crippen LogP contribution in [0.1, 0.15) is 13.8 Å². The summed E-state index contributed by atoms with van der Waals surface area (Å²) in [5, 5.41) is 0.350. The Bertz CT molecular complexity index is 1080. The number of carbonyl (C=O) groups is 1. The normalized spacial score (nSPS) is 11.7. The van der Waals surface area contributed by atoms with Gasteiger partial charge in [-0.1, -0.05) is 12.1 Å². The van der Waals surface area contributed by atoms with Gasteiger partial charge in [-0.25, -0.2) is 4.79 Å². The number of hydrogen-bond acceptors (Lipinski definition) is 7. The first kappa shape index (κ1) is 20.3. The van der Waals surface area contributed by atoms with Gasteiger partial charge < -0.3 is 23.4 Å². The maximum atomic E-state index is 13.1. The predicted molar refractivity (Wildman–Crippen MR) is 108 cm³/mol. The first-order chi connectivity index (χ1) is 14.0. The van der Waals surface area contributed by atoms with E-state index in [1.807, 2.05) is 0 Å². The lowest BCUT2D eigenvalue weighted by molar-refractivity contribution is -0.150. The van der Waals surface area contributed by atoms with Gasteiger partial charge in [0.2, 0.25) is 11.2 Å². The van der Waals surface area contributed by atoms with Crippen LogP contribution in [-0.2, 0) is 9.53 Å². The van der Waals surface area contributed by atoms with Crippen LogP contribution in [0.4, 0.5) is 0 Å². The quantitative estimate of drug-likeness (QED) is 0.560. The van der Waals surface area contributed by atoms with Crippen LogP contribution in [0.15, 0.2) is 51.7 Å². The highest BCUT2D eigenvalue weighted by Crippen LogP contribution is 2.37. The number of para-hydroxylation sites is 1. The van der Waals surface area contributed by atoms with Gasteiger partial charge in [0.05, 0.1) is 26.2 Å². The van der Waals surface area contributed by atoms with E-state index in [0.29, 0.717) is 28.0 Å². The molecule has 7 nitrogen and oxygen atoms in total. The number of fused-ring (bicyclic) bond motifs is 1. The molecule has 0 aliphatic rings. The molecular formula is C22H22O7. The minimum absolute atomic E-state index is 0.0727. The molecule has 1 atom stereocenters. The van der Waals surface area contributed by atoms with Crippen molar-refractivity contribution in [3.8, 4) is 28.6 Å². The van der Waals surface area contributed by atoms with Gasteiger partial charge in [0, 0.05) is 5.56 Å². The van der Waals surface area contributed by atoms with Crippen molar-refractivity contribution < 1.29 is 28.2 Å². The van der Waals surface area contributed by atoms with E-state index in [1.54, 1.807) is 49.4 Å². The van der Waals surface area contributed by atoms with Crippen LogP contribution in [0, 0.1) is 0 Å². The molecule has 29 heavy (non-hydrogen) atoms. The summed E-state index contributed by atoms with van der Waals surface area (Å²) in [5.74, 6) is 0.535. The largest absolute Gasteiger partial charge is 0.493 e. The lowest BCUT2D eigenvalue weighted by atomic mass is 10.1. The fourth-order valence-electron chi connectivity index (χ4n) is 2.88. The number of ether oxygens (including phenoxy) is 4. The Balaban J connectivity index is 2.19. The Kier molecular flexibility index (Phi) is 6.07. The minimum atomic E-state index is -0.988. The summed E-state index contributed by atoms with van der Waals surface area (Å²) in [6.07, 6.45) is -0.988. The van der Waals surface area contributed by atoms with Crippen molar-refractivity contribution in [1.82, 2.24) is 0 Å². The van der Waals surface area contributed by atoms with Crippen molar-refractivity contribution >= 4 is 16.9 Å². The van der Waals surface area contributed by atoms with E-state index in [0.717, 1.165) is 0 Å². The Morgan fingerprint density at radius 3 is 2.48 bits per heavy atom. The highest BCUT2D eigenvalue weighted by Gasteiger charge is 2.24. The SMILES string of the molecule is CCOC(=O)C(C)Oc1c(-c2ccc(OC)c(OC)c2)oc2ccccc2c1=O. The van der Waals surface area contributed by atoms with E-state index < -0.39 is 12.1 Å². The molecule has 0 saturated carbocycles. The van der Waals surface area contributed by atoms with E-state index in [1.165, 1.54) is 21.1 Å². The maximum Gasteiger partial charge on any atom is 0.347 e. The molecule has 0 aliphatic carbocycles. The number of methoxy groups -OCH3 is 2. The zero-order valence-corrected chi connectivity index (χ0v) is 16.7. The molecule has 0 aliphatic heterocycles. The Labute approximate surface area is 167 Å². The van der Waals surface area contributed by atoms with E-state index in [-0.39, 0.29) is 23.5 Å². The molecule has 0 bridgehead atoms. The molecule has 7 heteroatoms. The van der Waals surface area contributed by atoms with E-state index in [4.69, 9.17) is 23.4 Å². The molecule has 152 valence electrons. The summed E-state index contributed by atoms with van der Waals surface area (Å²) < 4.78 is 27.3. The molecule has 1 unspecified atom stereocenters. The van der Waals surface area contributed by atoms with Gasteiger partial charge in [-0.2, -0.15) is 0 Å². The number of esters is 1. The zero-order chi connectivity index (χ0) is 21.0. The fourth-order valence-corrected chi connectivity index (χ4v) is 2.88. The highest BCUT2D eigenvalue weighted by atomic mass is 16.6. The van der Waals surface area contributed by atoms with Gasteiger partial charge >= 0.3 is 5.97 Å². The van der Waals surface area contributed by atoms with Crippen LogP contribution in [0.2, 0.25) is 0 Å². The van der Waals surface area contributed by atoms with Crippen molar-refractivity contribution in [2.24, 2.45) is 0 Å². The maximum absolute atomic E-state index is 13.1. The summed E-state index contributed by atoms with van der Waals surface area (Å²) in [4.78, 5) is 25.2. The molecule has 0 amide bonds. The number of carbonyl (C=O) groups excluding carboxylic acids is 1. The van der Waals surface area contributed by atoms with Crippen LogP contribution in [-0.4, -0.2) is 32.9 Å². The third-order valence-corrected chi connectivity index (χ3v) is 4.32. The molecular weight excluding hydrogens is 376 g/mol. The molecule has 0 saturated heterocycles. The standard InChI is InChI=1S/C22H22O7/c1-5-27-22(24)13(2)28-21-19(23)15-8-6-7-9-16(15)29-20(21)14-10-11-17(25-3)18(12-14)26-4/h6-13H,5H2,1-4H3. The topological polar surface area (TPSA) is 84.2 Å². The monoisotopic (exact) mass is 398 g/mol. The summed E-state index contributed by atoms with van der Waals surface area (Å²) in [7, 11) is 3.04. The van der Waals surface area contributed by atoms with Crippen LogP contribution >= 0.6 is 0 Å². The number of rotatable bonds is 7. The average molecular weight is 398 g/mol. The molecule has 0 radical (unpaired) electrons. The molecule has 0 spiro atoms. The van der Waals surface area contributed by atoms with Crippen molar-refractivity contribution in [3.05, 3.63) is 52.7 Å². The van der Waals surface area contributed by atoms with Crippen molar-refractivity contribution in [2.75, 3.05) is 20.8 Å². The van der Waals surface area contributed by atoms with Gasteiger partial charge in [0.25, 0.3) is 0 Å². The lowest BCUT2D eigenvalue weighted by Crippen LogP contribution is -2.28. The Hall–Kier alpha value is -3.48. The molecule has 1 heterocycles. The summed E-state index contributed by atoms with van der Waals surface area (Å²) in [6.45, 7) is 3.43. The third-order valence-electron chi connectivity index (χ3n) is 4.32. The van der Waals surface area contributed by atoms with Crippen molar-refractivity contribution in [3.63, 3.8) is 0 Å². The molecule has 1 aromatic heterocycles. The second kappa shape index (κ2) is 8.68. The number of hydrogen-bond donors (Lipinski definition) is 0. The van der Waals surface area contributed by atoms with Gasteiger partial charge in [0.1, 0.15) is 5.58 Å². The second-order valence-electron chi connectivity index (χ2n) is 6.17. The summed E-state index contributed by atoms with van der Waals surface area (Å²) in [5.41, 5.74) is 0.558. The molecule has 0 fully saturated rings. The summed E-state index contributed by atoms with van der Waals surface area (Å²) in [6, 6.07) is 11.9. The van der Waals surface area contributed by atoms with Gasteiger partial charge in [-0.3, -0.25) is 4.79 Å². The predicted octanol–water partition coefficient (Wildman–Crippen LogP) is 3.81. The van der Waals surface area contributed by atoms with E-state index in [9.17, 15) is 9.59 Å². The Morgan fingerprint density at radius 2 is 1.79 bits per heavy atom. The molecule has 3 rings (SSSR count). The molecule has 3 aromatic rings. The zero-order valence-electron chi connectivity index (χ0n) is 16.7. The van der Waals surface area contributed by atoms with E-state index in [2.05, 4.69) is 0 Å². The van der Waals surface area contributed by atoms with E-state index >= 15 is 0 Å². The highest BCUT2D eigenvalue weighted by molar-refractivity contribution is 5.83. The van der Waals surface area contributed by atoms with Gasteiger partial charge in [-0.15, -0.1) is 0 Å². The van der Waals surface area contributed by atoms with Crippen LogP contribution in [0.5, 0.6) is 17.2 Å². The third kappa shape index (κ3) is 4.03. The first-order valence-electron chi connectivity index (χ1n) is 9.11. The summed E-state index contributed by atoms with van der Waals surface area (Å²) >= 11 is 0. The van der Waals surface area contributed by atoms with Crippen LogP contribution in [0.25, 0.3) is 22.3 Å². The Morgan fingerprint density at radius 1 is 1.07 bits per heavy atom. The van der Waals surface area contributed by atoms with Gasteiger partial charge in [-0.05, 0) is 44.2 Å². The minimum Gasteiger partial charge on any atom is -0.493 e. The van der Waals surface area contributed by atoms with Crippen molar-refractivity contribution in [2.45, 2.75) is 20.0 Å². The smallest absolute Gasteiger partial charge is 0.347 e. The first-order valence-corrected chi connectivity index (χ1v) is 9.11. The van der Waals surface area contributed by atoms with Crippen LogP contribution in [0.3, 0.4) is 0 Å². The fraction of sp³-hybridized carbons (Fsp3) is 0.273. The second-order valence-corrected chi connectivity index (χ2v) is 6.17. The van der Waals surface area contributed by atoms with Crippen LogP contribution < -0.4 is 19.6 Å². The van der Waals surface area contributed by atoms with Gasteiger partial charge in [0.15, 0.2) is 23.4 Å².